The normalized spacial score (nSPS) is 10.2. The number of anilines is 2. The molecule has 0 atom stereocenters. The minimum absolute atomic E-state index is 0.153. The Balaban J connectivity index is 2.21. The number of amides is 1. The molecule has 4 nitrogen and oxygen atoms in total. The topological polar surface area (TPSA) is 45.2 Å². The Bertz CT molecular complexity index is 596. The van der Waals surface area contributed by atoms with Crippen molar-refractivity contribution in [3.05, 3.63) is 54.0 Å². The molecule has 1 N–H and O–H groups in total. The molecule has 5 heteroatoms. The second kappa shape index (κ2) is 6.83. The van der Waals surface area contributed by atoms with Crippen molar-refractivity contribution < 1.29 is 9.18 Å². The van der Waals surface area contributed by atoms with Crippen LogP contribution in [0.25, 0.3) is 0 Å². The highest BCUT2D eigenvalue weighted by molar-refractivity contribution is 6.05. The fraction of sp³-hybridized carbons (Fsp3) is 0.250. The molecule has 0 aliphatic rings. The predicted octanol–water partition coefficient (Wildman–Crippen LogP) is 3.32. The van der Waals surface area contributed by atoms with E-state index in [1.807, 2.05) is 13.8 Å². The van der Waals surface area contributed by atoms with Crippen LogP contribution in [0.1, 0.15) is 24.2 Å². The van der Waals surface area contributed by atoms with Crippen molar-refractivity contribution in [1.29, 1.82) is 0 Å². The zero-order valence-electron chi connectivity index (χ0n) is 12.1. The molecule has 1 amide bonds. The van der Waals surface area contributed by atoms with Crippen molar-refractivity contribution in [2.75, 3.05) is 23.3 Å². The van der Waals surface area contributed by atoms with E-state index in [9.17, 15) is 9.18 Å². The summed E-state index contributed by atoms with van der Waals surface area (Å²) in [6.45, 7) is 5.13. The van der Waals surface area contributed by atoms with Gasteiger partial charge in [0.05, 0.1) is 5.56 Å². The summed E-state index contributed by atoms with van der Waals surface area (Å²) in [5, 5.41) is 3.08. The molecule has 0 fully saturated rings. The third-order valence-electron chi connectivity index (χ3n) is 3.07. The molecule has 110 valence electrons. The number of aromatic nitrogens is 1. The Labute approximate surface area is 123 Å². The Morgan fingerprint density at radius 3 is 2.43 bits per heavy atom. The number of nitrogens with zero attached hydrogens (tertiary/aromatic N) is 2. The second-order valence-corrected chi connectivity index (χ2v) is 4.49. The van der Waals surface area contributed by atoms with Gasteiger partial charge in [-0.05, 0) is 50.2 Å². The monoisotopic (exact) mass is 287 g/mol. The van der Waals surface area contributed by atoms with Crippen LogP contribution >= 0.6 is 0 Å². The van der Waals surface area contributed by atoms with E-state index in [4.69, 9.17) is 0 Å². The molecule has 0 saturated carbocycles. The molecule has 0 saturated heterocycles. The van der Waals surface area contributed by atoms with Gasteiger partial charge in [0.25, 0.3) is 5.91 Å². The average Bonchev–Trinajstić information content (AvgIpc) is 2.51. The van der Waals surface area contributed by atoms with Crippen molar-refractivity contribution in [3.63, 3.8) is 0 Å². The number of benzene rings is 1. The van der Waals surface area contributed by atoms with Crippen molar-refractivity contribution >= 4 is 17.4 Å². The molecule has 0 spiro atoms. The van der Waals surface area contributed by atoms with E-state index in [-0.39, 0.29) is 11.7 Å². The van der Waals surface area contributed by atoms with E-state index in [0.29, 0.717) is 17.8 Å². The molecule has 1 aromatic heterocycles. The van der Waals surface area contributed by atoms with Gasteiger partial charge in [0.15, 0.2) is 0 Å². The Morgan fingerprint density at radius 2 is 1.90 bits per heavy atom. The maximum absolute atomic E-state index is 13.0. The lowest BCUT2D eigenvalue weighted by Crippen LogP contribution is -2.30. The fourth-order valence-electron chi connectivity index (χ4n) is 2.03. The number of nitrogens with one attached hydrogen (secondary N) is 1. The van der Waals surface area contributed by atoms with Gasteiger partial charge in [0, 0.05) is 25.0 Å². The van der Waals surface area contributed by atoms with Gasteiger partial charge in [-0.1, -0.05) is 0 Å². The quantitative estimate of drug-likeness (QED) is 0.917. The highest BCUT2D eigenvalue weighted by Crippen LogP contribution is 2.18. The van der Waals surface area contributed by atoms with Crippen LogP contribution < -0.4 is 10.2 Å². The van der Waals surface area contributed by atoms with Crippen LogP contribution in [0.15, 0.2) is 42.6 Å². The van der Waals surface area contributed by atoms with Crippen LogP contribution in [0.4, 0.5) is 15.9 Å². The van der Waals surface area contributed by atoms with Gasteiger partial charge in [-0.25, -0.2) is 9.37 Å². The summed E-state index contributed by atoms with van der Waals surface area (Å²) < 4.78 is 13.0. The number of hydrogen-bond donors (Lipinski definition) is 1. The smallest absolute Gasteiger partial charge is 0.259 e. The van der Waals surface area contributed by atoms with Crippen molar-refractivity contribution in [2.24, 2.45) is 0 Å². The van der Waals surface area contributed by atoms with Gasteiger partial charge < -0.3 is 10.2 Å². The van der Waals surface area contributed by atoms with Gasteiger partial charge in [-0.2, -0.15) is 0 Å². The summed E-state index contributed by atoms with van der Waals surface area (Å²) >= 11 is 0. The molecular formula is C16H18FN3O. The number of halogens is 1. The molecule has 21 heavy (non-hydrogen) atoms. The lowest BCUT2D eigenvalue weighted by Gasteiger charge is -2.21. The molecule has 0 aliphatic carbocycles. The molecule has 2 rings (SSSR count). The predicted molar refractivity (Wildman–Crippen MR) is 82.2 cm³/mol. The molecule has 1 aromatic carbocycles. The van der Waals surface area contributed by atoms with Gasteiger partial charge in [0.1, 0.15) is 11.6 Å². The molecule has 0 bridgehead atoms. The molecular weight excluding hydrogens is 269 g/mol. The largest absolute Gasteiger partial charge is 0.370 e. The average molecular weight is 287 g/mol. The number of rotatable bonds is 5. The van der Waals surface area contributed by atoms with Gasteiger partial charge in [0.2, 0.25) is 0 Å². The summed E-state index contributed by atoms with van der Waals surface area (Å²) in [5.41, 5.74) is 1.17. The summed E-state index contributed by atoms with van der Waals surface area (Å²) in [4.78, 5) is 18.3. The van der Waals surface area contributed by atoms with Crippen LogP contribution in [0.3, 0.4) is 0 Å². The lowest BCUT2D eigenvalue weighted by molar-refractivity contribution is 0.0988. The van der Waals surface area contributed by atoms with E-state index in [2.05, 4.69) is 10.3 Å². The fourth-order valence-corrected chi connectivity index (χ4v) is 2.03. The highest BCUT2D eigenvalue weighted by atomic mass is 19.1. The first-order valence-corrected chi connectivity index (χ1v) is 6.93. The van der Waals surface area contributed by atoms with Crippen LogP contribution in [-0.2, 0) is 0 Å². The van der Waals surface area contributed by atoms with Gasteiger partial charge >= 0.3 is 0 Å². The minimum atomic E-state index is -0.320. The highest BCUT2D eigenvalue weighted by Gasteiger charge is 2.16. The summed E-state index contributed by atoms with van der Waals surface area (Å²) in [7, 11) is 0. The second-order valence-electron chi connectivity index (χ2n) is 4.49. The molecule has 1 heterocycles. The number of carbonyl (C=O) groups excluding carboxylic acids is 1. The summed E-state index contributed by atoms with van der Waals surface area (Å²) in [6, 6.07) is 9.39. The van der Waals surface area contributed by atoms with E-state index in [1.165, 1.54) is 12.1 Å². The molecule has 0 radical (unpaired) electrons. The van der Waals surface area contributed by atoms with Gasteiger partial charge in [-0.15, -0.1) is 0 Å². The third-order valence-corrected chi connectivity index (χ3v) is 3.07. The van der Waals surface area contributed by atoms with Gasteiger partial charge in [-0.3, -0.25) is 4.79 Å². The van der Waals surface area contributed by atoms with E-state index in [0.717, 1.165) is 12.4 Å². The van der Waals surface area contributed by atoms with E-state index < -0.39 is 0 Å². The Hall–Kier alpha value is -2.43. The van der Waals surface area contributed by atoms with Crippen LogP contribution in [0.2, 0.25) is 0 Å². The molecule has 0 unspecified atom stereocenters. The third kappa shape index (κ3) is 3.56. The summed E-state index contributed by atoms with van der Waals surface area (Å²) in [6.07, 6.45) is 1.55. The Kier molecular flexibility index (Phi) is 4.87. The van der Waals surface area contributed by atoms with Crippen LogP contribution in [0, 0.1) is 5.82 Å². The number of hydrogen-bond acceptors (Lipinski definition) is 3. The molecule has 0 aliphatic heterocycles. The molecule has 2 aromatic rings. The van der Waals surface area contributed by atoms with Crippen molar-refractivity contribution in [3.8, 4) is 0 Å². The maximum Gasteiger partial charge on any atom is 0.259 e. The van der Waals surface area contributed by atoms with E-state index >= 15 is 0 Å². The Morgan fingerprint density at radius 1 is 1.19 bits per heavy atom. The maximum atomic E-state index is 13.0. The lowest BCUT2D eigenvalue weighted by atomic mass is 10.2. The van der Waals surface area contributed by atoms with E-state index in [1.54, 1.807) is 35.4 Å². The number of carbonyl (C=O) groups is 1. The number of pyridine rings is 1. The standard InChI is InChI=1S/C16H18FN3O/c1-3-18-15-10-5-12(11-19-15)16(21)20(4-2)14-8-6-13(17)7-9-14/h5-11H,3-4H2,1-2H3,(H,18,19). The van der Waals surface area contributed by atoms with Crippen molar-refractivity contribution in [2.45, 2.75) is 13.8 Å². The first-order valence-electron chi connectivity index (χ1n) is 6.93. The zero-order valence-corrected chi connectivity index (χ0v) is 12.1. The van der Waals surface area contributed by atoms with Crippen LogP contribution in [-0.4, -0.2) is 24.0 Å². The first kappa shape index (κ1) is 15.0. The SMILES string of the molecule is CCNc1ccc(C(=O)N(CC)c2ccc(F)cc2)cn1. The zero-order chi connectivity index (χ0) is 15.2. The van der Waals surface area contributed by atoms with Crippen molar-refractivity contribution in [1.82, 2.24) is 4.98 Å². The van der Waals surface area contributed by atoms with Crippen LogP contribution in [0.5, 0.6) is 0 Å². The first-order chi connectivity index (χ1) is 10.2. The minimum Gasteiger partial charge on any atom is -0.370 e. The summed E-state index contributed by atoms with van der Waals surface area (Å²) in [5.74, 6) is 0.262.